The lowest BCUT2D eigenvalue weighted by Crippen LogP contribution is -2.43. The van der Waals surface area contributed by atoms with Gasteiger partial charge in [0.1, 0.15) is 5.82 Å². The molecule has 2 aliphatic heterocycles. The first-order valence-corrected chi connectivity index (χ1v) is 10.7. The second-order valence-electron chi connectivity index (χ2n) is 7.97. The fourth-order valence-corrected chi connectivity index (χ4v) is 4.05. The third-order valence-electron chi connectivity index (χ3n) is 5.81. The zero-order valence-electron chi connectivity index (χ0n) is 17.5. The first-order valence-electron chi connectivity index (χ1n) is 10.7. The number of rotatable bonds is 5. The standard InChI is InChI=1S/C24H23FN4O3/c25-19-6-4-17(5-7-19)20-8-10-23(28-27-20)29-11-1-2-18(14-29)24(30)26-13-16-3-9-21-22(12-16)32-15-31-21/h3-10,12,18H,1-2,11,13-15H2,(H,26,30)/t18-/m1/s1. The number of hydrogen-bond donors (Lipinski definition) is 1. The lowest BCUT2D eigenvalue weighted by atomic mass is 9.97. The summed E-state index contributed by atoms with van der Waals surface area (Å²) < 4.78 is 23.8. The number of hydrogen-bond acceptors (Lipinski definition) is 6. The maximum atomic E-state index is 13.1. The van der Waals surface area contributed by atoms with Crippen molar-refractivity contribution < 1.29 is 18.7 Å². The predicted octanol–water partition coefficient (Wildman–Crippen LogP) is 3.54. The van der Waals surface area contributed by atoms with Crippen LogP contribution in [0.1, 0.15) is 18.4 Å². The fourth-order valence-electron chi connectivity index (χ4n) is 4.05. The monoisotopic (exact) mass is 434 g/mol. The molecule has 0 unspecified atom stereocenters. The second kappa shape index (κ2) is 8.82. The second-order valence-corrected chi connectivity index (χ2v) is 7.97. The molecule has 32 heavy (non-hydrogen) atoms. The van der Waals surface area contributed by atoms with Crippen LogP contribution in [0, 0.1) is 11.7 Å². The molecule has 3 aromatic rings. The molecule has 164 valence electrons. The number of halogens is 1. The Morgan fingerprint density at radius 3 is 2.72 bits per heavy atom. The Balaban J connectivity index is 1.19. The lowest BCUT2D eigenvalue weighted by molar-refractivity contribution is -0.125. The van der Waals surface area contributed by atoms with Gasteiger partial charge in [0.15, 0.2) is 17.3 Å². The van der Waals surface area contributed by atoms with E-state index in [1.54, 1.807) is 12.1 Å². The summed E-state index contributed by atoms with van der Waals surface area (Å²) in [5.41, 5.74) is 2.46. The molecule has 1 amide bonds. The van der Waals surface area contributed by atoms with Gasteiger partial charge >= 0.3 is 0 Å². The molecule has 1 aromatic heterocycles. The van der Waals surface area contributed by atoms with Crippen LogP contribution in [-0.2, 0) is 11.3 Å². The Morgan fingerprint density at radius 2 is 1.91 bits per heavy atom. The molecule has 0 aliphatic carbocycles. The van der Waals surface area contributed by atoms with E-state index in [0.29, 0.717) is 24.5 Å². The summed E-state index contributed by atoms with van der Waals surface area (Å²) in [7, 11) is 0. The molecule has 2 aromatic carbocycles. The van der Waals surface area contributed by atoms with Gasteiger partial charge in [0.2, 0.25) is 12.7 Å². The molecule has 3 heterocycles. The maximum Gasteiger partial charge on any atom is 0.231 e. The van der Waals surface area contributed by atoms with E-state index in [1.807, 2.05) is 30.3 Å². The van der Waals surface area contributed by atoms with Gasteiger partial charge in [0.25, 0.3) is 0 Å². The van der Waals surface area contributed by atoms with Gasteiger partial charge in [-0.2, -0.15) is 0 Å². The summed E-state index contributed by atoms with van der Waals surface area (Å²) in [6.45, 7) is 2.10. The van der Waals surface area contributed by atoms with Crippen LogP contribution in [0.15, 0.2) is 54.6 Å². The van der Waals surface area contributed by atoms with E-state index in [2.05, 4.69) is 20.4 Å². The van der Waals surface area contributed by atoms with Crippen LogP contribution in [0.4, 0.5) is 10.2 Å². The first-order chi connectivity index (χ1) is 15.7. The van der Waals surface area contributed by atoms with Crippen LogP contribution in [0.25, 0.3) is 11.3 Å². The van der Waals surface area contributed by atoms with Crippen molar-refractivity contribution in [2.75, 3.05) is 24.8 Å². The number of fused-ring (bicyclic) bond motifs is 1. The molecule has 0 saturated carbocycles. The Hall–Kier alpha value is -3.68. The average Bonchev–Trinajstić information content (AvgIpc) is 3.31. The zero-order valence-corrected chi connectivity index (χ0v) is 17.5. The minimum atomic E-state index is -0.283. The van der Waals surface area contributed by atoms with E-state index in [4.69, 9.17) is 9.47 Å². The van der Waals surface area contributed by atoms with Crippen molar-refractivity contribution in [2.24, 2.45) is 5.92 Å². The van der Waals surface area contributed by atoms with Crippen LogP contribution in [-0.4, -0.2) is 36.0 Å². The van der Waals surface area contributed by atoms with Gasteiger partial charge in [-0.1, -0.05) is 6.07 Å². The largest absolute Gasteiger partial charge is 0.454 e. The summed E-state index contributed by atoms with van der Waals surface area (Å²) >= 11 is 0. The van der Waals surface area contributed by atoms with Crippen LogP contribution in [0.2, 0.25) is 0 Å². The SMILES string of the molecule is O=C(NCc1ccc2c(c1)OCO2)[C@@H]1CCCN(c2ccc(-c3ccc(F)cc3)nn2)C1. The number of carbonyl (C=O) groups is 1. The molecule has 8 heteroatoms. The molecule has 5 rings (SSSR count). The quantitative estimate of drug-likeness (QED) is 0.662. The topological polar surface area (TPSA) is 76.6 Å². The third-order valence-corrected chi connectivity index (χ3v) is 5.81. The minimum Gasteiger partial charge on any atom is -0.454 e. The van der Waals surface area contributed by atoms with E-state index in [1.165, 1.54) is 12.1 Å². The molecule has 2 aliphatic rings. The van der Waals surface area contributed by atoms with Crippen LogP contribution < -0.4 is 19.7 Å². The van der Waals surface area contributed by atoms with E-state index in [-0.39, 0.29) is 24.4 Å². The van der Waals surface area contributed by atoms with Crippen molar-refractivity contribution in [3.05, 3.63) is 66.0 Å². The molecule has 0 bridgehead atoms. The first kappa shape index (κ1) is 20.2. The van der Waals surface area contributed by atoms with E-state index < -0.39 is 0 Å². The Bertz CT molecular complexity index is 1110. The van der Waals surface area contributed by atoms with Gasteiger partial charge < -0.3 is 19.7 Å². The molecule has 1 saturated heterocycles. The number of piperidine rings is 1. The molecule has 1 N–H and O–H groups in total. The normalized spacial score (nSPS) is 17.3. The highest BCUT2D eigenvalue weighted by Crippen LogP contribution is 2.32. The van der Waals surface area contributed by atoms with E-state index >= 15 is 0 Å². The van der Waals surface area contributed by atoms with Gasteiger partial charge in [0, 0.05) is 25.2 Å². The van der Waals surface area contributed by atoms with Gasteiger partial charge in [-0.15, -0.1) is 10.2 Å². The lowest BCUT2D eigenvalue weighted by Gasteiger charge is -2.32. The van der Waals surface area contributed by atoms with Crippen molar-refractivity contribution in [3.8, 4) is 22.8 Å². The molecule has 1 atom stereocenters. The van der Waals surface area contributed by atoms with Crippen molar-refractivity contribution in [3.63, 3.8) is 0 Å². The average molecular weight is 434 g/mol. The zero-order chi connectivity index (χ0) is 21.9. The van der Waals surface area contributed by atoms with E-state index in [0.717, 1.165) is 42.1 Å². The molecular formula is C24H23FN4O3. The van der Waals surface area contributed by atoms with Crippen molar-refractivity contribution >= 4 is 11.7 Å². The third kappa shape index (κ3) is 4.34. The Morgan fingerprint density at radius 1 is 1.06 bits per heavy atom. The maximum absolute atomic E-state index is 13.1. The summed E-state index contributed by atoms with van der Waals surface area (Å²) in [6, 6.07) is 15.6. The molecule has 0 radical (unpaired) electrons. The fraction of sp³-hybridized carbons (Fsp3) is 0.292. The highest BCUT2D eigenvalue weighted by atomic mass is 19.1. The van der Waals surface area contributed by atoms with Gasteiger partial charge in [-0.05, 0) is 66.9 Å². The minimum absolute atomic E-state index is 0.0308. The number of ether oxygens (including phenoxy) is 2. The summed E-state index contributed by atoms with van der Waals surface area (Å²) in [5.74, 6) is 1.82. The van der Waals surface area contributed by atoms with Crippen molar-refractivity contribution in [1.82, 2.24) is 15.5 Å². The number of nitrogens with zero attached hydrogens (tertiary/aromatic N) is 3. The smallest absolute Gasteiger partial charge is 0.231 e. The van der Waals surface area contributed by atoms with Gasteiger partial charge in [0.05, 0.1) is 11.6 Å². The number of nitrogens with one attached hydrogen (secondary N) is 1. The Labute approximate surface area is 185 Å². The molecule has 0 spiro atoms. The van der Waals surface area contributed by atoms with Gasteiger partial charge in [-0.3, -0.25) is 4.79 Å². The highest BCUT2D eigenvalue weighted by Gasteiger charge is 2.26. The van der Waals surface area contributed by atoms with Gasteiger partial charge in [-0.25, -0.2) is 4.39 Å². The highest BCUT2D eigenvalue weighted by molar-refractivity contribution is 5.79. The van der Waals surface area contributed by atoms with Crippen LogP contribution in [0.5, 0.6) is 11.5 Å². The van der Waals surface area contributed by atoms with Crippen molar-refractivity contribution in [1.29, 1.82) is 0 Å². The molecule has 1 fully saturated rings. The molecule has 7 nitrogen and oxygen atoms in total. The number of amides is 1. The number of benzene rings is 2. The van der Waals surface area contributed by atoms with Crippen LogP contribution in [0.3, 0.4) is 0 Å². The number of aromatic nitrogens is 2. The predicted molar refractivity (Wildman–Crippen MR) is 117 cm³/mol. The van der Waals surface area contributed by atoms with E-state index in [9.17, 15) is 9.18 Å². The Kier molecular flexibility index (Phi) is 5.58. The van der Waals surface area contributed by atoms with Crippen molar-refractivity contribution in [2.45, 2.75) is 19.4 Å². The number of carbonyl (C=O) groups excluding carboxylic acids is 1. The summed E-state index contributed by atoms with van der Waals surface area (Å²) in [6.07, 6.45) is 1.74. The molecular weight excluding hydrogens is 411 g/mol. The summed E-state index contributed by atoms with van der Waals surface area (Å²) in [4.78, 5) is 14.9. The summed E-state index contributed by atoms with van der Waals surface area (Å²) in [5, 5.41) is 11.7. The number of anilines is 1. The van der Waals surface area contributed by atoms with Crippen LogP contribution >= 0.6 is 0 Å².